The van der Waals surface area contributed by atoms with Gasteiger partial charge in [0.25, 0.3) is 0 Å². The Balaban J connectivity index is 2.74. The van der Waals surface area contributed by atoms with Gasteiger partial charge in [-0.1, -0.05) is 20.8 Å². The highest BCUT2D eigenvalue weighted by molar-refractivity contribution is 9.10. The number of ether oxygens (including phenoxy) is 1. The fourth-order valence-corrected chi connectivity index (χ4v) is 3.23. The lowest BCUT2D eigenvalue weighted by molar-refractivity contribution is -0.156. The molecule has 1 aromatic heterocycles. The van der Waals surface area contributed by atoms with Crippen LogP contribution in [0.5, 0.6) is 0 Å². The minimum Gasteiger partial charge on any atom is -0.465 e. The Kier molecular flexibility index (Phi) is 6.20. The second-order valence-corrected chi connectivity index (χ2v) is 7.32. The molecular formula is C14H20BrNO3S. The topological polar surface area (TPSA) is 55.4 Å². The zero-order valence-corrected chi connectivity index (χ0v) is 14.6. The average molecular weight is 362 g/mol. The smallest absolute Gasteiger partial charge is 0.319 e. The van der Waals surface area contributed by atoms with Crippen molar-refractivity contribution in [1.29, 1.82) is 0 Å². The maximum absolute atomic E-state index is 12.3. The van der Waals surface area contributed by atoms with Gasteiger partial charge in [0.05, 0.1) is 13.2 Å². The second-order valence-electron chi connectivity index (χ2n) is 5.46. The molecule has 0 aromatic carbocycles. The van der Waals surface area contributed by atoms with E-state index in [2.05, 4.69) is 21.2 Å². The van der Waals surface area contributed by atoms with Crippen molar-refractivity contribution in [3.8, 4) is 0 Å². The number of halogens is 1. The van der Waals surface area contributed by atoms with Gasteiger partial charge >= 0.3 is 5.97 Å². The van der Waals surface area contributed by atoms with Crippen LogP contribution in [0, 0.1) is 11.3 Å². The summed E-state index contributed by atoms with van der Waals surface area (Å²) in [5.74, 6) is -1.57. The SMILES string of the molecule is CCOC(=O)C(C(=O)NCc1sccc1Br)C(C)(C)C. The van der Waals surface area contributed by atoms with Crippen LogP contribution in [0.15, 0.2) is 15.9 Å². The molecule has 0 aliphatic heterocycles. The van der Waals surface area contributed by atoms with Crippen molar-refractivity contribution in [2.75, 3.05) is 6.61 Å². The Morgan fingerprint density at radius 3 is 2.55 bits per heavy atom. The number of rotatable bonds is 5. The van der Waals surface area contributed by atoms with Gasteiger partial charge in [-0.15, -0.1) is 11.3 Å². The molecule has 0 fully saturated rings. The van der Waals surface area contributed by atoms with Gasteiger partial charge in [0, 0.05) is 9.35 Å². The van der Waals surface area contributed by atoms with E-state index in [0.717, 1.165) is 9.35 Å². The minimum absolute atomic E-state index is 0.273. The Labute approximate surface area is 132 Å². The van der Waals surface area contributed by atoms with Crippen molar-refractivity contribution >= 4 is 39.1 Å². The molecule has 1 rings (SSSR count). The van der Waals surface area contributed by atoms with Crippen LogP contribution in [0.4, 0.5) is 0 Å². The predicted molar refractivity (Wildman–Crippen MR) is 83.4 cm³/mol. The first-order chi connectivity index (χ1) is 9.27. The van der Waals surface area contributed by atoms with E-state index in [-0.39, 0.29) is 12.5 Å². The van der Waals surface area contributed by atoms with Crippen LogP contribution < -0.4 is 5.32 Å². The minimum atomic E-state index is -0.804. The predicted octanol–water partition coefficient (Wildman–Crippen LogP) is 3.35. The molecule has 1 atom stereocenters. The maximum atomic E-state index is 12.3. The van der Waals surface area contributed by atoms with Gasteiger partial charge < -0.3 is 10.1 Å². The Bertz CT molecular complexity index is 479. The number of carbonyl (C=O) groups is 2. The van der Waals surface area contributed by atoms with E-state index in [1.165, 1.54) is 0 Å². The molecule has 20 heavy (non-hydrogen) atoms. The molecule has 0 aliphatic carbocycles. The Morgan fingerprint density at radius 1 is 1.45 bits per heavy atom. The van der Waals surface area contributed by atoms with E-state index in [9.17, 15) is 9.59 Å². The highest BCUT2D eigenvalue weighted by Crippen LogP contribution is 2.28. The number of thiophene rings is 1. The van der Waals surface area contributed by atoms with Gasteiger partial charge in [0.1, 0.15) is 5.92 Å². The maximum Gasteiger partial charge on any atom is 0.319 e. The number of esters is 1. The van der Waals surface area contributed by atoms with Crippen LogP contribution in [0.3, 0.4) is 0 Å². The molecule has 112 valence electrons. The lowest BCUT2D eigenvalue weighted by Crippen LogP contribution is -2.43. The molecule has 0 saturated carbocycles. The summed E-state index contributed by atoms with van der Waals surface area (Å²) in [4.78, 5) is 25.3. The summed E-state index contributed by atoms with van der Waals surface area (Å²) in [5, 5.41) is 4.76. The number of hydrogen-bond donors (Lipinski definition) is 1. The van der Waals surface area contributed by atoms with Crippen molar-refractivity contribution in [3.05, 3.63) is 20.8 Å². The summed E-state index contributed by atoms with van der Waals surface area (Å²) in [6.07, 6.45) is 0. The molecule has 1 heterocycles. The van der Waals surface area contributed by atoms with Crippen molar-refractivity contribution in [2.24, 2.45) is 11.3 Å². The van der Waals surface area contributed by atoms with E-state index >= 15 is 0 Å². The van der Waals surface area contributed by atoms with Gasteiger partial charge in [-0.2, -0.15) is 0 Å². The van der Waals surface area contributed by atoms with Crippen molar-refractivity contribution in [1.82, 2.24) is 5.32 Å². The van der Waals surface area contributed by atoms with Gasteiger partial charge in [-0.25, -0.2) is 0 Å². The van der Waals surface area contributed by atoms with Gasteiger partial charge in [0.15, 0.2) is 0 Å². The summed E-state index contributed by atoms with van der Waals surface area (Å²) in [6, 6.07) is 1.93. The second kappa shape index (κ2) is 7.22. The van der Waals surface area contributed by atoms with Crippen LogP contribution in [-0.2, 0) is 20.9 Å². The van der Waals surface area contributed by atoms with E-state index in [1.807, 2.05) is 32.2 Å². The molecule has 1 amide bonds. The fourth-order valence-electron chi connectivity index (χ4n) is 1.80. The van der Waals surface area contributed by atoms with E-state index < -0.39 is 17.3 Å². The third-order valence-corrected chi connectivity index (χ3v) is 4.69. The largest absolute Gasteiger partial charge is 0.465 e. The highest BCUT2D eigenvalue weighted by Gasteiger charge is 2.38. The first-order valence-electron chi connectivity index (χ1n) is 6.43. The fraction of sp³-hybridized carbons (Fsp3) is 0.571. The van der Waals surface area contributed by atoms with Crippen molar-refractivity contribution in [2.45, 2.75) is 34.2 Å². The van der Waals surface area contributed by atoms with Gasteiger partial charge in [-0.05, 0) is 39.7 Å². The summed E-state index contributed by atoms with van der Waals surface area (Å²) >= 11 is 4.97. The molecule has 1 aromatic rings. The molecular weight excluding hydrogens is 342 g/mol. The Morgan fingerprint density at radius 2 is 2.10 bits per heavy atom. The Hall–Kier alpha value is -0.880. The lowest BCUT2D eigenvalue weighted by atomic mass is 9.80. The molecule has 4 nitrogen and oxygen atoms in total. The number of hydrogen-bond acceptors (Lipinski definition) is 4. The summed E-state index contributed by atoms with van der Waals surface area (Å²) in [7, 11) is 0. The van der Waals surface area contributed by atoms with Crippen LogP contribution in [0.2, 0.25) is 0 Å². The lowest BCUT2D eigenvalue weighted by Gasteiger charge is -2.27. The zero-order valence-electron chi connectivity index (χ0n) is 12.2. The molecule has 1 unspecified atom stereocenters. The highest BCUT2D eigenvalue weighted by atomic mass is 79.9. The molecule has 0 radical (unpaired) electrons. The summed E-state index contributed by atoms with van der Waals surface area (Å²) < 4.78 is 5.97. The normalized spacial score (nSPS) is 12.8. The summed E-state index contributed by atoms with van der Waals surface area (Å²) in [6.45, 7) is 7.98. The van der Waals surface area contributed by atoms with Crippen LogP contribution in [0.1, 0.15) is 32.6 Å². The number of carbonyl (C=O) groups excluding carboxylic acids is 2. The van der Waals surface area contributed by atoms with Crippen LogP contribution in [0.25, 0.3) is 0 Å². The van der Waals surface area contributed by atoms with Crippen molar-refractivity contribution < 1.29 is 14.3 Å². The van der Waals surface area contributed by atoms with Crippen molar-refractivity contribution in [3.63, 3.8) is 0 Å². The molecule has 0 aliphatic rings. The van der Waals surface area contributed by atoms with Gasteiger partial charge in [-0.3, -0.25) is 9.59 Å². The molecule has 6 heteroatoms. The van der Waals surface area contributed by atoms with Crippen LogP contribution in [-0.4, -0.2) is 18.5 Å². The zero-order chi connectivity index (χ0) is 15.3. The van der Waals surface area contributed by atoms with Gasteiger partial charge in [0.2, 0.25) is 5.91 Å². The quantitative estimate of drug-likeness (QED) is 0.646. The average Bonchev–Trinajstić information content (AvgIpc) is 2.71. The van der Waals surface area contributed by atoms with E-state index in [4.69, 9.17) is 4.74 Å². The number of nitrogens with one attached hydrogen (secondary N) is 1. The third kappa shape index (κ3) is 4.59. The summed E-state index contributed by atoms with van der Waals surface area (Å²) in [5.41, 5.74) is -0.483. The molecule has 0 spiro atoms. The monoisotopic (exact) mass is 361 g/mol. The molecule has 1 N–H and O–H groups in total. The van der Waals surface area contributed by atoms with Crippen LogP contribution >= 0.6 is 27.3 Å². The first-order valence-corrected chi connectivity index (χ1v) is 8.10. The standard InChI is InChI=1S/C14H20BrNO3S/c1-5-19-13(18)11(14(2,3)4)12(17)16-8-10-9(15)6-7-20-10/h6-7,11H,5,8H2,1-4H3,(H,16,17). The van der Waals surface area contributed by atoms with E-state index in [1.54, 1.807) is 18.3 Å². The van der Waals surface area contributed by atoms with E-state index in [0.29, 0.717) is 6.54 Å². The number of amides is 1. The molecule has 0 bridgehead atoms. The molecule has 0 saturated heterocycles. The third-order valence-electron chi connectivity index (χ3n) is 2.76. The first kappa shape index (κ1) is 17.2.